The summed E-state index contributed by atoms with van der Waals surface area (Å²) >= 11 is 1.54. The van der Waals surface area contributed by atoms with Gasteiger partial charge in [0.25, 0.3) is 0 Å². The lowest BCUT2D eigenvalue weighted by atomic mass is 10.2. The van der Waals surface area contributed by atoms with Gasteiger partial charge in [0, 0.05) is 32.7 Å². The quantitative estimate of drug-likeness (QED) is 0.784. The van der Waals surface area contributed by atoms with Gasteiger partial charge in [0.1, 0.15) is 6.10 Å². The van der Waals surface area contributed by atoms with E-state index in [2.05, 4.69) is 15.2 Å². The lowest BCUT2D eigenvalue weighted by Gasteiger charge is -2.28. The maximum absolute atomic E-state index is 10.1. The van der Waals surface area contributed by atoms with Gasteiger partial charge in [-0.15, -0.1) is 11.3 Å². The Hall–Kier alpha value is -0.490. The number of nitrogens with one attached hydrogen (secondary N) is 1. The second kappa shape index (κ2) is 5.03. The SMILES string of the molecule is Cc1ncsc1C(O)CN1CCNCC1. The minimum atomic E-state index is -0.379. The number of β-amino-alcohol motifs (C(OH)–C–C–N with tert-alkyl or cyclic N) is 1. The van der Waals surface area contributed by atoms with Crippen molar-refractivity contribution in [1.29, 1.82) is 0 Å². The zero-order chi connectivity index (χ0) is 10.7. The minimum absolute atomic E-state index is 0.379. The molecule has 0 saturated carbocycles. The smallest absolute Gasteiger partial charge is 0.103 e. The van der Waals surface area contributed by atoms with E-state index in [9.17, 15) is 5.11 Å². The van der Waals surface area contributed by atoms with Gasteiger partial charge in [-0.1, -0.05) is 0 Å². The van der Waals surface area contributed by atoms with Crippen LogP contribution in [0.1, 0.15) is 16.7 Å². The summed E-state index contributed by atoms with van der Waals surface area (Å²) in [5.74, 6) is 0. The summed E-state index contributed by atoms with van der Waals surface area (Å²) in [6, 6.07) is 0. The van der Waals surface area contributed by atoms with Gasteiger partial charge in [-0.3, -0.25) is 4.90 Å². The number of hydrogen-bond donors (Lipinski definition) is 2. The molecule has 15 heavy (non-hydrogen) atoms. The van der Waals surface area contributed by atoms with Crippen LogP contribution in [0.25, 0.3) is 0 Å². The number of nitrogens with zero attached hydrogens (tertiary/aromatic N) is 2. The van der Waals surface area contributed by atoms with Crippen molar-refractivity contribution in [3.8, 4) is 0 Å². The lowest BCUT2D eigenvalue weighted by molar-refractivity contribution is 0.107. The van der Waals surface area contributed by atoms with Gasteiger partial charge in [-0.05, 0) is 6.92 Å². The van der Waals surface area contributed by atoms with Gasteiger partial charge in [0.2, 0.25) is 0 Å². The van der Waals surface area contributed by atoms with E-state index in [0.717, 1.165) is 43.3 Å². The van der Waals surface area contributed by atoms with Crippen molar-refractivity contribution in [3.05, 3.63) is 16.1 Å². The molecule has 0 aliphatic carbocycles. The first-order valence-corrected chi connectivity index (χ1v) is 6.16. The van der Waals surface area contributed by atoms with E-state index in [1.54, 1.807) is 16.8 Å². The number of aryl methyl sites for hydroxylation is 1. The predicted molar refractivity (Wildman–Crippen MR) is 61.1 cm³/mol. The van der Waals surface area contributed by atoms with Gasteiger partial charge >= 0.3 is 0 Å². The van der Waals surface area contributed by atoms with Crippen molar-refractivity contribution in [1.82, 2.24) is 15.2 Å². The molecule has 2 N–H and O–H groups in total. The van der Waals surface area contributed by atoms with E-state index in [1.165, 1.54) is 0 Å². The van der Waals surface area contributed by atoms with E-state index in [-0.39, 0.29) is 6.10 Å². The van der Waals surface area contributed by atoms with Gasteiger partial charge in [0.05, 0.1) is 16.1 Å². The highest BCUT2D eigenvalue weighted by molar-refractivity contribution is 7.09. The Morgan fingerprint density at radius 3 is 2.93 bits per heavy atom. The van der Waals surface area contributed by atoms with Crippen LogP contribution in [0, 0.1) is 6.92 Å². The fourth-order valence-electron chi connectivity index (χ4n) is 1.85. The van der Waals surface area contributed by atoms with Crippen molar-refractivity contribution in [2.45, 2.75) is 13.0 Å². The van der Waals surface area contributed by atoms with Crippen LogP contribution in [0.2, 0.25) is 0 Å². The van der Waals surface area contributed by atoms with Crippen LogP contribution in [0.15, 0.2) is 5.51 Å². The molecule has 1 aromatic rings. The summed E-state index contributed by atoms with van der Waals surface area (Å²) in [4.78, 5) is 7.46. The molecular formula is C10H17N3OS. The molecule has 1 aliphatic rings. The fraction of sp³-hybridized carbons (Fsp3) is 0.700. The molecule has 0 spiro atoms. The average molecular weight is 227 g/mol. The molecule has 1 saturated heterocycles. The molecule has 1 unspecified atom stereocenters. The molecule has 0 bridgehead atoms. The Labute approximate surface area is 93.9 Å². The van der Waals surface area contributed by atoms with Gasteiger partial charge in [0.15, 0.2) is 0 Å². The third-order valence-electron chi connectivity index (χ3n) is 2.73. The molecule has 1 aromatic heterocycles. The second-order valence-corrected chi connectivity index (χ2v) is 4.75. The summed E-state index contributed by atoms with van der Waals surface area (Å²) in [6.45, 7) is 6.77. The summed E-state index contributed by atoms with van der Waals surface area (Å²) in [5, 5.41) is 13.4. The van der Waals surface area contributed by atoms with Crippen LogP contribution < -0.4 is 5.32 Å². The van der Waals surface area contributed by atoms with Crippen LogP contribution in [-0.4, -0.2) is 47.7 Å². The highest BCUT2D eigenvalue weighted by atomic mass is 32.1. The standard InChI is InChI=1S/C10H17N3OS/c1-8-10(15-7-12-8)9(14)6-13-4-2-11-3-5-13/h7,9,11,14H,2-6H2,1H3. The van der Waals surface area contributed by atoms with Crippen LogP contribution in [0.3, 0.4) is 0 Å². The van der Waals surface area contributed by atoms with E-state index in [1.807, 2.05) is 6.92 Å². The summed E-state index contributed by atoms with van der Waals surface area (Å²) in [5.41, 5.74) is 2.76. The Balaban J connectivity index is 1.91. The second-order valence-electron chi connectivity index (χ2n) is 3.87. The molecule has 0 amide bonds. The normalized spacial score (nSPS) is 20.4. The highest BCUT2D eigenvalue weighted by Crippen LogP contribution is 2.22. The van der Waals surface area contributed by atoms with Crippen molar-refractivity contribution in [2.75, 3.05) is 32.7 Å². The number of thiazole rings is 1. The predicted octanol–water partition coefficient (Wildman–Crippen LogP) is 0.390. The van der Waals surface area contributed by atoms with Crippen LogP contribution in [0.4, 0.5) is 0 Å². The number of hydrogen-bond acceptors (Lipinski definition) is 5. The van der Waals surface area contributed by atoms with Crippen molar-refractivity contribution >= 4 is 11.3 Å². The van der Waals surface area contributed by atoms with Crippen molar-refractivity contribution < 1.29 is 5.11 Å². The topological polar surface area (TPSA) is 48.4 Å². The van der Waals surface area contributed by atoms with Crippen molar-refractivity contribution in [2.24, 2.45) is 0 Å². The Kier molecular flexibility index (Phi) is 3.69. The number of aliphatic hydroxyl groups is 1. The molecule has 0 radical (unpaired) electrons. The monoisotopic (exact) mass is 227 g/mol. The third kappa shape index (κ3) is 2.75. The molecule has 4 nitrogen and oxygen atoms in total. The van der Waals surface area contributed by atoms with Gasteiger partial charge in [-0.2, -0.15) is 0 Å². The maximum Gasteiger partial charge on any atom is 0.103 e. The fourth-order valence-corrected chi connectivity index (χ4v) is 2.63. The summed E-state index contributed by atoms with van der Waals surface area (Å²) in [6.07, 6.45) is -0.379. The molecule has 2 rings (SSSR count). The molecule has 0 aromatic carbocycles. The third-order valence-corrected chi connectivity index (χ3v) is 3.76. The van der Waals surface area contributed by atoms with Crippen LogP contribution >= 0.6 is 11.3 Å². The van der Waals surface area contributed by atoms with E-state index >= 15 is 0 Å². The van der Waals surface area contributed by atoms with Crippen LogP contribution in [0.5, 0.6) is 0 Å². The molecular weight excluding hydrogens is 210 g/mol. The number of aromatic nitrogens is 1. The molecule has 5 heteroatoms. The first kappa shape index (κ1) is 11.0. The van der Waals surface area contributed by atoms with E-state index in [4.69, 9.17) is 0 Å². The molecule has 1 fully saturated rings. The molecule has 2 heterocycles. The molecule has 84 valence electrons. The van der Waals surface area contributed by atoms with Gasteiger partial charge < -0.3 is 10.4 Å². The van der Waals surface area contributed by atoms with E-state index in [0.29, 0.717) is 0 Å². The Bertz CT molecular complexity index is 309. The summed E-state index contributed by atoms with van der Waals surface area (Å²) in [7, 11) is 0. The number of piperazine rings is 1. The highest BCUT2D eigenvalue weighted by Gasteiger charge is 2.18. The van der Waals surface area contributed by atoms with Crippen molar-refractivity contribution in [3.63, 3.8) is 0 Å². The van der Waals surface area contributed by atoms with Crippen LogP contribution in [-0.2, 0) is 0 Å². The molecule has 1 atom stereocenters. The lowest BCUT2D eigenvalue weighted by Crippen LogP contribution is -2.44. The summed E-state index contributed by atoms with van der Waals surface area (Å²) < 4.78 is 0. The zero-order valence-electron chi connectivity index (χ0n) is 8.94. The largest absolute Gasteiger partial charge is 0.386 e. The average Bonchev–Trinajstić information content (AvgIpc) is 2.66. The first-order valence-electron chi connectivity index (χ1n) is 5.28. The van der Waals surface area contributed by atoms with E-state index < -0.39 is 0 Å². The minimum Gasteiger partial charge on any atom is -0.386 e. The van der Waals surface area contributed by atoms with Gasteiger partial charge in [-0.25, -0.2) is 4.98 Å². The maximum atomic E-state index is 10.1. The number of aliphatic hydroxyl groups excluding tert-OH is 1. The number of rotatable bonds is 3. The molecule has 1 aliphatic heterocycles. The Morgan fingerprint density at radius 2 is 2.33 bits per heavy atom. The Morgan fingerprint density at radius 1 is 1.60 bits per heavy atom. The zero-order valence-corrected chi connectivity index (χ0v) is 9.76. The first-order chi connectivity index (χ1) is 7.27.